The summed E-state index contributed by atoms with van der Waals surface area (Å²) in [4.78, 5) is 0. The largest absolute Gasteiger partial charge is 0.494 e. The predicted molar refractivity (Wildman–Crippen MR) is 118 cm³/mol. The van der Waals surface area contributed by atoms with E-state index in [-0.39, 0.29) is 12.2 Å². The smallest absolute Gasteiger partial charge is 0.397 e. The van der Waals surface area contributed by atoms with E-state index >= 15 is 0 Å². The number of rotatable bonds is 10. The molecule has 170 valence electrons. The Morgan fingerprint density at radius 3 is 2.09 bits per heavy atom. The van der Waals surface area contributed by atoms with Crippen LogP contribution in [-0.4, -0.2) is 19.4 Å². The van der Waals surface area contributed by atoms with Crippen molar-refractivity contribution in [3.05, 3.63) is 89.5 Å². The summed E-state index contributed by atoms with van der Waals surface area (Å²) in [6.45, 7) is 3.94. The summed E-state index contributed by atoms with van der Waals surface area (Å²) < 4.78 is 57.5. The average Bonchev–Trinajstić information content (AvgIpc) is 2.78. The van der Waals surface area contributed by atoms with Gasteiger partial charge in [0.15, 0.2) is 0 Å². The van der Waals surface area contributed by atoms with Crippen LogP contribution in [0.2, 0.25) is 0 Å². The molecular formula is C26H27F3O3. The van der Waals surface area contributed by atoms with Gasteiger partial charge < -0.3 is 14.2 Å². The minimum atomic E-state index is -4.41. The Kier molecular flexibility index (Phi) is 8.17. The molecule has 1 unspecified atom stereocenters. The van der Waals surface area contributed by atoms with Crippen molar-refractivity contribution in [1.29, 1.82) is 0 Å². The molecule has 0 saturated carbocycles. The Morgan fingerprint density at radius 2 is 1.47 bits per heavy atom. The van der Waals surface area contributed by atoms with Gasteiger partial charge in [-0.15, -0.1) is 0 Å². The molecule has 3 aromatic rings. The molecule has 0 aliphatic heterocycles. The van der Waals surface area contributed by atoms with Gasteiger partial charge in [-0.2, -0.15) is 13.2 Å². The number of hydrogen-bond acceptors (Lipinski definition) is 3. The Morgan fingerprint density at radius 1 is 0.781 bits per heavy atom. The van der Waals surface area contributed by atoms with Crippen molar-refractivity contribution >= 4 is 0 Å². The summed E-state index contributed by atoms with van der Waals surface area (Å²) >= 11 is 0. The number of hydrogen-bond donors (Lipinski definition) is 0. The van der Waals surface area contributed by atoms with Gasteiger partial charge >= 0.3 is 6.18 Å². The van der Waals surface area contributed by atoms with Crippen LogP contribution in [0, 0.1) is 0 Å². The van der Waals surface area contributed by atoms with Crippen molar-refractivity contribution in [3.8, 4) is 17.2 Å². The maximum Gasteiger partial charge on any atom is 0.397 e. The van der Waals surface area contributed by atoms with E-state index in [1.54, 1.807) is 36.4 Å². The van der Waals surface area contributed by atoms with Crippen LogP contribution in [0.4, 0.5) is 13.2 Å². The second-order valence-electron chi connectivity index (χ2n) is 7.36. The standard InChI is InChI=1S/C26H27F3O3/c1-3-19-8-12-23(13-9-19)32-24-7-5-6-20(16-24)17-30-18-25(26(27,28)29)21-10-14-22(15-11-21)31-4-2/h5-16,25H,3-4,17-18H2,1-2H3. The van der Waals surface area contributed by atoms with Crippen LogP contribution in [0.5, 0.6) is 17.2 Å². The second kappa shape index (κ2) is 11.0. The maximum atomic E-state index is 13.6. The first-order chi connectivity index (χ1) is 15.4. The van der Waals surface area contributed by atoms with Crippen LogP contribution in [-0.2, 0) is 17.8 Å². The number of alkyl halides is 3. The molecule has 3 aromatic carbocycles. The molecule has 0 amide bonds. The summed E-state index contributed by atoms with van der Waals surface area (Å²) in [5, 5.41) is 0. The van der Waals surface area contributed by atoms with Crippen LogP contribution < -0.4 is 9.47 Å². The summed E-state index contributed by atoms with van der Waals surface area (Å²) in [5.74, 6) is 0.135. The van der Waals surface area contributed by atoms with Gasteiger partial charge in [0.25, 0.3) is 0 Å². The lowest BCUT2D eigenvalue weighted by molar-refractivity contribution is -0.163. The second-order valence-corrected chi connectivity index (χ2v) is 7.36. The van der Waals surface area contributed by atoms with Crippen molar-refractivity contribution < 1.29 is 27.4 Å². The highest BCUT2D eigenvalue weighted by Crippen LogP contribution is 2.36. The molecule has 0 saturated heterocycles. The Labute approximate surface area is 186 Å². The van der Waals surface area contributed by atoms with E-state index in [1.807, 2.05) is 31.2 Å². The summed E-state index contributed by atoms with van der Waals surface area (Å²) in [6.07, 6.45) is -3.47. The average molecular weight is 444 g/mol. The zero-order valence-corrected chi connectivity index (χ0v) is 18.2. The van der Waals surface area contributed by atoms with Gasteiger partial charge in [-0.1, -0.05) is 43.3 Å². The van der Waals surface area contributed by atoms with E-state index in [4.69, 9.17) is 14.2 Å². The highest BCUT2D eigenvalue weighted by Gasteiger charge is 2.40. The molecule has 0 aliphatic rings. The maximum absolute atomic E-state index is 13.6. The van der Waals surface area contributed by atoms with E-state index in [0.29, 0.717) is 23.9 Å². The van der Waals surface area contributed by atoms with Crippen molar-refractivity contribution in [2.24, 2.45) is 0 Å². The fourth-order valence-electron chi connectivity index (χ4n) is 3.27. The van der Waals surface area contributed by atoms with Gasteiger partial charge in [-0.05, 0) is 66.4 Å². The first kappa shape index (κ1) is 23.7. The van der Waals surface area contributed by atoms with Crippen molar-refractivity contribution in [3.63, 3.8) is 0 Å². The molecular weight excluding hydrogens is 417 g/mol. The van der Waals surface area contributed by atoms with Gasteiger partial charge in [-0.3, -0.25) is 0 Å². The third-order valence-corrected chi connectivity index (χ3v) is 5.01. The molecule has 1 atom stereocenters. The van der Waals surface area contributed by atoms with Gasteiger partial charge in [0.2, 0.25) is 0 Å². The lowest BCUT2D eigenvalue weighted by Gasteiger charge is -2.21. The van der Waals surface area contributed by atoms with Gasteiger partial charge in [0, 0.05) is 0 Å². The van der Waals surface area contributed by atoms with E-state index in [1.165, 1.54) is 17.7 Å². The number of aryl methyl sites for hydroxylation is 1. The third-order valence-electron chi connectivity index (χ3n) is 5.01. The molecule has 3 rings (SSSR count). The van der Waals surface area contributed by atoms with Gasteiger partial charge in [0.05, 0.1) is 19.8 Å². The van der Waals surface area contributed by atoms with Crippen molar-refractivity contribution in [2.45, 2.75) is 39.0 Å². The van der Waals surface area contributed by atoms with E-state index in [0.717, 1.165) is 12.0 Å². The van der Waals surface area contributed by atoms with Crippen molar-refractivity contribution in [1.82, 2.24) is 0 Å². The lowest BCUT2D eigenvalue weighted by Crippen LogP contribution is -2.25. The summed E-state index contributed by atoms with van der Waals surface area (Å²) in [6, 6.07) is 20.9. The van der Waals surface area contributed by atoms with Gasteiger partial charge in [-0.25, -0.2) is 0 Å². The molecule has 0 aliphatic carbocycles. The Bertz CT molecular complexity index is 967. The quantitative estimate of drug-likeness (QED) is 0.328. The first-order valence-electron chi connectivity index (χ1n) is 10.6. The number of halogens is 3. The molecule has 3 nitrogen and oxygen atoms in total. The fraction of sp³-hybridized carbons (Fsp3) is 0.308. The van der Waals surface area contributed by atoms with Crippen molar-refractivity contribution in [2.75, 3.05) is 13.2 Å². The molecule has 0 spiro atoms. The topological polar surface area (TPSA) is 27.7 Å². The molecule has 0 radical (unpaired) electrons. The van der Waals surface area contributed by atoms with E-state index < -0.39 is 18.7 Å². The molecule has 0 aromatic heterocycles. The van der Waals surface area contributed by atoms with E-state index in [2.05, 4.69) is 6.92 Å². The Hall–Kier alpha value is -2.99. The molecule has 32 heavy (non-hydrogen) atoms. The highest BCUT2D eigenvalue weighted by molar-refractivity contribution is 5.35. The Balaban J connectivity index is 1.61. The molecule has 0 bridgehead atoms. The zero-order chi connectivity index (χ0) is 23.0. The van der Waals surface area contributed by atoms with Crippen LogP contribution in [0.3, 0.4) is 0 Å². The van der Waals surface area contributed by atoms with E-state index in [9.17, 15) is 13.2 Å². The normalized spacial score (nSPS) is 12.4. The third kappa shape index (κ3) is 6.76. The summed E-state index contributed by atoms with van der Waals surface area (Å²) in [7, 11) is 0. The van der Waals surface area contributed by atoms with Crippen LogP contribution in [0.1, 0.15) is 36.5 Å². The molecule has 0 heterocycles. The SMILES string of the molecule is CCOc1ccc(C(COCc2cccc(Oc3ccc(CC)cc3)c2)C(F)(F)F)cc1. The number of ether oxygens (including phenoxy) is 3. The monoisotopic (exact) mass is 444 g/mol. The highest BCUT2D eigenvalue weighted by atomic mass is 19.4. The molecule has 6 heteroatoms. The first-order valence-corrected chi connectivity index (χ1v) is 10.6. The zero-order valence-electron chi connectivity index (χ0n) is 18.2. The molecule has 0 fully saturated rings. The van der Waals surface area contributed by atoms with Crippen LogP contribution in [0.15, 0.2) is 72.8 Å². The summed E-state index contributed by atoms with van der Waals surface area (Å²) in [5.41, 5.74) is 2.10. The fourth-order valence-corrected chi connectivity index (χ4v) is 3.27. The lowest BCUT2D eigenvalue weighted by atomic mass is 9.99. The van der Waals surface area contributed by atoms with Gasteiger partial charge in [0.1, 0.15) is 23.2 Å². The van der Waals surface area contributed by atoms with Crippen LogP contribution in [0.25, 0.3) is 0 Å². The molecule has 0 N–H and O–H groups in total. The minimum absolute atomic E-state index is 0.0512. The minimum Gasteiger partial charge on any atom is -0.494 e. The number of benzene rings is 3. The van der Waals surface area contributed by atoms with Crippen LogP contribution >= 0.6 is 0 Å². The predicted octanol–water partition coefficient (Wildman–Crippen LogP) is 7.30.